The quantitative estimate of drug-likeness (QED) is 0.860. The summed E-state index contributed by atoms with van der Waals surface area (Å²) in [6, 6.07) is 8.99. The summed E-state index contributed by atoms with van der Waals surface area (Å²) in [5, 5.41) is 10.6. The Kier molecular flexibility index (Phi) is 2.82. The van der Waals surface area contributed by atoms with Gasteiger partial charge in [-0.15, -0.1) is 0 Å². The largest absolute Gasteiger partial charge is 0.378 e. The second kappa shape index (κ2) is 4.48. The highest BCUT2D eigenvalue weighted by atomic mass is 15.1. The lowest BCUT2D eigenvalue weighted by molar-refractivity contribution is 1.02. The fourth-order valence-corrected chi connectivity index (χ4v) is 2.33. The number of aromatic amines is 1. The lowest BCUT2D eigenvalue weighted by Crippen LogP contribution is -2.01. The predicted octanol–water partition coefficient (Wildman–Crippen LogP) is 3.52. The summed E-state index contributed by atoms with van der Waals surface area (Å²) in [5.74, 6) is 0.838. The van der Waals surface area contributed by atoms with Gasteiger partial charge >= 0.3 is 0 Å². The van der Waals surface area contributed by atoms with Crippen molar-refractivity contribution < 1.29 is 0 Å². The van der Waals surface area contributed by atoms with Crippen molar-refractivity contribution in [3.05, 3.63) is 46.8 Å². The Bertz CT molecular complexity index is 516. The zero-order valence-electron chi connectivity index (χ0n) is 11.0. The molecule has 0 bridgehead atoms. The highest BCUT2D eigenvalue weighted by Crippen LogP contribution is 2.39. The second-order valence-corrected chi connectivity index (χ2v) is 5.18. The number of anilines is 1. The van der Waals surface area contributed by atoms with Gasteiger partial charge < -0.3 is 5.32 Å². The molecule has 1 aliphatic rings. The van der Waals surface area contributed by atoms with Crippen molar-refractivity contribution in [2.45, 2.75) is 39.2 Å². The van der Waals surface area contributed by atoms with E-state index in [9.17, 15) is 0 Å². The number of aryl methyl sites for hydroxylation is 2. The third kappa shape index (κ3) is 2.26. The Morgan fingerprint density at radius 1 is 1.22 bits per heavy atom. The SMILES string of the molecule is Cc1n[nH]c(C)c1NCc1ccc(C2CC2)cc1. The van der Waals surface area contributed by atoms with Crippen LogP contribution in [0.5, 0.6) is 0 Å². The zero-order valence-corrected chi connectivity index (χ0v) is 11.0. The van der Waals surface area contributed by atoms with E-state index in [4.69, 9.17) is 0 Å². The van der Waals surface area contributed by atoms with E-state index >= 15 is 0 Å². The van der Waals surface area contributed by atoms with Crippen molar-refractivity contribution in [3.63, 3.8) is 0 Å². The van der Waals surface area contributed by atoms with Crippen LogP contribution in [0.2, 0.25) is 0 Å². The van der Waals surface area contributed by atoms with Gasteiger partial charge in [-0.05, 0) is 43.7 Å². The van der Waals surface area contributed by atoms with Crippen molar-refractivity contribution >= 4 is 5.69 Å². The molecule has 2 aromatic rings. The Balaban J connectivity index is 1.66. The summed E-state index contributed by atoms with van der Waals surface area (Å²) < 4.78 is 0. The van der Waals surface area contributed by atoms with Crippen LogP contribution in [0.3, 0.4) is 0 Å². The van der Waals surface area contributed by atoms with Gasteiger partial charge in [0.15, 0.2) is 0 Å². The van der Waals surface area contributed by atoms with E-state index in [0.717, 1.165) is 29.5 Å². The second-order valence-electron chi connectivity index (χ2n) is 5.18. The number of nitrogens with one attached hydrogen (secondary N) is 2. The van der Waals surface area contributed by atoms with Crippen LogP contribution in [0.4, 0.5) is 5.69 Å². The first-order chi connectivity index (χ1) is 8.74. The first-order valence-electron chi connectivity index (χ1n) is 6.58. The van der Waals surface area contributed by atoms with Gasteiger partial charge in [0.05, 0.1) is 17.1 Å². The molecular formula is C15H19N3. The predicted molar refractivity (Wildman–Crippen MR) is 73.8 cm³/mol. The molecule has 0 aliphatic heterocycles. The summed E-state index contributed by atoms with van der Waals surface area (Å²) in [6.07, 6.45) is 2.73. The van der Waals surface area contributed by atoms with Crippen LogP contribution in [-0.4, -0.2) is 10.2 Å². The molecule has 3 rings (SSSR count). The highest BCUT2D eigenvalue weighted by Gasteiger charge is 2.22. The fraction of sp³-hybridized carbons (Fsp3) is 0.400. The molecule has 0 unspecified atom stereocenters. The smallest absolute Gasteiger partial charge is 0.0825 e. The molecule has 0 atom stereocenters. The summed E-state index contributed by atoms with van der Waals surface area (Å²) in [7, 11) is 0. The molecule has 1 saturated carbocycles. The van der Waals surface area contributed by atoms with E-state index in [1.54, 1.807) is 0 Å². The molecule has 94 valence electrons. The molecule has 0 radical (unpaired) electrons. The van der Waals surface area contributed by atoms with Gasteiger partial charge in [0.25, 0.3) is 0 Å². The van der Waals surface area contributed by atoms with Crippen molar-refractivity contribution in [1.82, 2.24) is 10.2 Å². The third-order valence-corrected chi connectivity index (χ3v) is 3.63. The van der Waals surface area contributed by atoms with Crippen LogP contribution >= 0.6 is 0 Å². The van der Waals surface area contributed by atoms with Gasteiger partial charge in [0.2, 0.25) is 0 Å². The zero-order chi connectivity index (χ0) is 12.5. The van der Waals surface area contributed by atoms with Crippen molar-refractivity contribution in [1.29, 1.82) is 0 Å². The van der Waals surface area contributed by atoms with Crippen LogP contribution in [0.1, 0.15) is 41.3 Å². The van der Waals surface area contributed by atoms with E-state index in [0.29, 0.717) is 0 Å². The minimum Gasteiger partial charge on any atom is -0.378 e. The highest BCUT2D eigenvalue weighted by molar-refractivity contribution is 5.51. The van der Waals surface area contributed by atoms with Gasteiger partial charge in [-0.1, -0.05) is 24.3 Å². The Hall–Kier alpha value is -1.77. The molecule has 18 heavy (non-hydrogen) atoms. The molecule has 1 fully saturated rings. The van der Waals surface area contributed by atoms with Gasteiger partial charge in [-0.3, -0.25) is 5.10 Å². The van der Waals surface area contributed by atoms with Gasteiger partial charge in [0.1, 0.15) is 0 Å². The van der Waals surface area contributed by atoms with Crippen LogP contribution in [0.15, 0.2) is 24.3 Å². The number of H-pyrrole nitrogens is 1. The van der Waals surface area contributed by atoms with Crippen LogP contribution in [0.25, 0.3) is 0 Å². The van der Waals surface area contributed by atoms with E-state index in [1.807, 2.05) is 13.8 Å². The molecule has 3 heteroatoms. The normalized spacial score (nSPS) is 14.8. The molecule has 2 N–H and O–H groups in total. The molecule has 0 saturated heterocycles. The number of hydrogen-bond donors (Lipinski definition) is 2. The topological polar surface area (TPSA) is 40.7 Å². The molecular weight excluding hydrogens is 222 g/mol. The average Bonchev–Trinajstić information content (AvgIpc) is 3.17. The Morgan fingerprint density at radius 2 is 1.94 bits per heavy atom. The standard InChI is InChI=1S/C15H19N3/c1-10-15(11(2)18-17-10)16-9-12-3-5-13(6-4-12)14-7-8-14/h3-6,14,16H,7-9H2,1-2H3,(H,17,18). The van der Waals surface area contributed by atoms with Crippen molar-refractivity contribution in [3.8, 4) is 0 Å². The first-order valence-corrected chi connectivity index (χ1v) is 6.58. The van der Waals surface area contributed by atoms with Crippen LogP contribution in [-0.2, 0) is 6.54 Å². The Morgan fingerprint density at radius 3 is 2.50 bits per heavy atom. The monoisotopic (exact) mass is 241 g/mol. The van der Waals surface area contributed by atoms with E-state index in [-0.39, 0.29) is 0 Å². The number of nitrogens with zero attached hydrogens (tertiary/aromatic N) is 1. The van der Waals surface area contributed by atoms with E-state index < -0.39 is 0 Å². The maximum absolute atomic E-state index is 4.19. The molecule has 1 aliphatic carbocycles. The van der Waals surface area contributed by atoms with Crippen molar-refractivity contribution in [2.24, 2.45) is 0 Å². The maximum atomic E-state index is 4.19. The van der Waals surface area contributed by atoms with Gasteiger partial charge in [-0.2, -0.15) is 5.10 Å². The summed E-state index contributed by atoms with van der Waals surface area (Å²) in [6.45, 7) is 4.91. The lowest BCUT2D eigenvalue weighted by Gasteiger charge is -2.07. The minimum absolute atomic E-state index is 0.838. The van der Waals surface area contributed by atoms with Crippen LogP contribution < -0.4 is 5.32 Å². The minimum atomic E-state index is 0.838. The lowest BCUT2D eigenvalue weighted by atomic mass is 10.1. The molecule has 0 amide bonds. The van der Waals surface area contributed by atoms with E-state index in [1.165, 1.54) is 24.0 Å². The molecule has 1 aromatic heterocycles. The van der Waals surface area contributed by atoms with Crippen LogP contribution in [0, 0.1) is 13.8 Å². The van der Waals surface area contributed by atoms with Crippen molar-refractivity contribution in [2.75, 3.05) is 5.32 Å². The molecule has 1 aromatic carbocycles. The van der Waals surface area contributed by atoms with Gasteiger partial charge in [-0.25, -0.2) is 0 Å². The maximum Gasteiger partial charge on any atom is 0.0825 e. The summed E-state index contributed by atoms with van der Waals surface area (Å²) >= 11 is 0. The average molecular weight is 241 g/mol. The Labute approximate surface area is 108 Å². The third-order valence-electron chi connectivity index (χ3n) is 3.63. The summed E-state index contributed by atoms with van der Waals surface area (Å²) in [4.78, 5) is 0. The number of benzene rings is 1. The van der Waals surface area contributed by atoms with Gasteiger partial charge in [0, 0.05) is 6.54 Å². The number of aromatic nitrogens is 2. The number of rotatable bonds is 4. The molecule has 0 spiro atoms. The summed E-state index contributed by atoms with van der Waals surface area (Å²) in [5.41, 5.74) is 6.07. The molecule has 3 nitrogen and oxygen atoms in total. The van der Waals surface area contributed by atoms with E-state index in [2.05, 4.69) is 39.8 Å². The molecule has 1 heterocycles. The number of hydrogen-bond acceptors (Lipinski definition) is 2. The fourth-order valence-electron chi connectivity index (χ4n) is 2.33. The first kappa shape index (κ1) is 11.3.